The van der Waals surface area contributed by atoms with Crippen LogP contribution in [0, 0.1) is 5.82 Å². The molecule has 1 aromatic heterocycles. The first kappa shape index (κ1) is 13.0. The second-order valence-corrected chi connectivity index (χ2v) is 4.91. The normalized spacial score (nSPS) is 12.6. The highest BCUT2D eigenvalue weighted by atomic mass is 35.5. The van der Waals surface area contributed by atoms with E-state index in [1.54, 1.807) is 24.4 Å². The molecule has 0 saturated heterocycles. The quantitative estimate of drug-likeness (QED) is 0.769. The highest BCUT2D eigenvalue weighted by molar-refractivity contribution is 6.30. The van der Waals surface area contributed by atoms with Crippen molar-refractivity contribution in [3.05, 3.63) is 76.7 Å². The molecule has 0 aliphatic rings. The Labute approximate surface area is 120 Å². The first-order valence-electron chi connectivity index (χ1n) is 6.13. The van der Waals surface area contributed by atoms with E-state index in [9.17, 15) is 9.50 Å². The van der Waals surface area contributed by atoms with Gasteiger partial charge in [0.2, 0.25) is 0 Å². The molecule has 4 heteroatoms. The number of nitrogens with zero attached hydrogens (tertiary/aromatic N) is 1. The van der Waals surface area contributed by atoms with E-state index < -0.39 is 11.9 Å². The predicted octanol–water partition coefficient (Wildman–Crippen LogP) is 4.11. The monoisotopic (exact) mass is 287 g/mol. The third kappa shape index (κ3) is 2.26. The van der Waals surface area contributed by atoms with E-state index in [0.29, 0.717) is 5.56 Å². The predicted molar refractivity (Wildman–Crippen MR) is 77.2 cm³/mol. The summed E-state index contributed by atoms with van der Waals surface area (Å²) < 4.78 is 13.9. The smallest absolute Gasteiger partial charge is 0.147 e. The maximum Gasteiger partial charge on any atom is 0.147 e. The van der Waals surface area contributed by atoms with Gasteiger partial charge in [-0.2, -0.15) is 0 Å². The zero-order valence-electron chi connectivity index (χ0n) is 10.4. The SMILES string of the molecule is OC(c1ccc2cccnc2c1)c1cccc(Cl)c1F. The zero-order valence-corrected chi connectivity index (χ0v) is 11.2. The summed E-state index contributed by atoms with van der Waals surface area (Å²) in [7, 11) is 0. The van der Waals surface area contributed by atoms with Crippen molar-refractivity contribution in [1.29, 1.82) is 0 Å². The number of hydrogen-bond donors (Lipinski definition) is 1. The van der Waals surface area contributed by atoms with Gasteiger partial charge in [-0.3, -0.25) is 4.98 Å². The third-order valence-electron chi connectivity index (χ3n) is 3.22. The van der Waals surface area contributed by atoms with E-state index >= 15 is 0 Å². The van der Waals surface area contributed by atoms with Crippen LogP contribution < -0.4 is 0 Å². The van der Waals surface area contributed by atoms with Gasteiger partial charge >= 0.3 is 0 Å². The number of pyridine rings is 1. The van der Waals surface area contributed by atoms with Gasteiger partial charge in [-0.25, -0.2) is 4.39 Å². The molecule has 0 saturated carbocycles. The van der Waals surface area contributed by atoms with E-state index in [0.717, 1.165) is 10.9 Å². The summed E-state index contributed by atoms with van der Waals surface area (Å²) in [4.78, 5) is 4.23. The molecular weight excluding hydrogens is 277 g/mol. The molecule has 1 N–H and O–H groups in total. The van der Waals surface area contributed by atoms with E-state index in [-0.39, 0.29) is 10.6 Å². The highest BCUT2D eigenvalue weighted by Gasteiger charge is 2.17. The summed E-state index contributed by atoms with van der Waals surface area (Å²) in [5.74, 6) is -0.595. The Kier molecular flexibility index (Phi) is 3.38. The molecule has 1 heterocycles. The van der Waals surface area contributed by atoms with Crippen LogP contribution in [0.25, 0.3) is 10.9 Å². The first-order valence-corrected chi connectivity index (χ1v) is 6.51. The molecule has 2 nitrogen and oxygen atoms in total. The van der Waals surface area contributed by atoms with E-state index in [4.69, 9.17) is 11.6 Å². The molecule has 1 unspecified atom stereocenters. The molecule has 20 heavy (non-hydrogen) atoms. The molecule has 2 aromatic carbocycles. The van der Waals surface area contributed by atoms with Gasteiger partial charge in [0.25, 0.3) is 0 Å². The van der Waals surface area contributed by atoms with Gasteiger partial charge in [0.05, 0.1) is 10.5 Å². The van der Waals surface area contributed by atoms with Crippen LogP contribution in [0.4, 0.5) is 4.39 Å². The Bertz CT molecular complexity index is 775. The van der Waals surface area contributed by atoms with Gasteiger partial charge in [0, 0.05) is 17.1 Å². The van der Waals surface area contributed by atoms with Crippen LogP contribution in [0.3, 0.4) is 0 Å². The highest BCUT2D eigenvalue weighted by Crippen LogP contribution is 2.29. The molecule has 1 atom stereocenters. The lowest BCUT2D eigenvalue weighted by molar-refractivity contribution is 0.215. The lowest BCUT2D eigenvalue weighted by Crippen LogP contribution is -2.03. The number of halogens is 2. The third-order valence-corrected chi connectivity index (χ3v) is 3.51. The van der Waals surface area contributed by atoms with Crippen molar-refractivity contribution < 1.29 is 9.50 Å². The Morgan fingerprint density at radius 2 is 1.95 bits per heavy atom. The molecule has 0 fully saturated rings. The number of benzene rings is 2. The molecule has 0 radical (unpaired) electrons. The second-order valence-electron chi connectivity index (χ2n) is 4.50. The molecule has 0 aliphatic carbocycles. The minimum Gasteiger partial charge on any atom is -0.384 e. The fourth-order valence-corrected chi connectivity index (χ4v) is 2.35. The van der Waals surface area contributed by atoms with Gasteiger partial charge < -0.3 is 5.11 Å². The van der Waals surface area contributed by atoms with E-state index in [2.05, 4.69) is 4.98 Å². The fourth-order valence-electron chi connectivity index (χ4n) is 2.16. The average molecular weight is 288 g/mol. The van der Waals surface area contributed by atoms with Crippen molar-refractivity contribution in [2.24, 2.45) is 0 Å². The molecule has 0 bridgehead atoms. The van der Waals surface area contributed by atoms with Crippen molar-refractivity contribution in [2.45, 2.75) is 6.10 Å². The van der Waals surface area contributed by atoms with Crippen molar-refractivity contribution in [3.8, 4) is 0 Å². The number of fused-ring (bicyclic) bond motifs is 1. The standard InChI is InChI=1S/C16H11ClFNO/c17-13-5-1-4-12(15(13)18)16(20)11-7-6-10-3-2-8-19-14(10)9-11/h1-9,16,20H. The fraction of sp³-hybridized carbons (Fsp3) is 0.0625. The number of aliphatic hydroxyl groups is 1. The summed E-state index contributed by atoms with van der Waals surface area (Å²) in [6.45, 7) is 0. The average Bonchev–Trinajstić information content (AvgIpc) is 2.49. The molecule has 0 spiro atoms. The zero-order chi connectivity index (χ0) is 14.1. The minimum absolute atomic E-state index is 0.000430. The Hall–Kier alpha value is -1.97. The van der Waals surface area contributed by atoms with E-state index in [1.165, 1.54) is 12.1 Å². The number of aromatic nitrogens is 1. The summed E-state index contributed by atoms with van der Waals surface area (Å²) in [6.07, 6.45) is 0.610. The van der Waals surface area contributed by atoms with Crippen molar-refractivity contribution in [2.75, 3.05) is 0 Å². The number of aliphatic hydroxyl groups excluding tert-OH is 1. The Morgan fingerprint density at radius 3 is 2.80 bits per heavy atom. The lowest BCUT2D eigenvalue weighted by atomic mass is 10.00. The van der Waals surface area contributed by atoms with Crippen molar-refractivity contribution >= 4 is 22.5 Å². The molecule has 3 rings (SSSR count). The van der Waals surface area contributed by atoms with Gasteiger partial charge in [-0.05, 0) is 23.8 Å². The maximum atomic E-state index is 13.9. The van der Waals surface area contributed by atoms with Gasteiger partial charge in [0.15, 0.2) is 0 Å². The van der Waals surface area contributed by atoms with Crippen LogP contribution in [-0.2, 0) is 0 Å². The van der Waals surface area contributed by atoms with Crippen LogP contribution in [0.1, 0.15) is 17.2 Å². The molecule has 0 aliphatic heterocycles. The Balaban J connectivity index is 2.08. The first-order chi connectivity index (χ1) is 9.66. The van der Waals surface area contributed by atoms with Crippen LogP contribution >= 0.6 is 11.6 Å². The largest absolute Gasteiger partial charge is 0.384 e. The lowest BCUT2D eigenvalue weighted by Gasteiger charge is -2.13. The van der Waals surface area contributed by atoms with Gasteiger partial charge in [-0.15, -0.1) is 0 Å². The van der Waals surface area contributed by atoms with Crippen LogP contribution in [0.15, 0.2) is 54.7 Å². The van der Waals surface area contributed by atoms with Crippen molar-refractivity contribution in [3.63, 3.8) is 0 Å². The maximum absolute atomic E-state index is 13.9. The molecule has 3 aromatic rings. The minimum atomic E-state index is -1.07. The number of hydrogen-bond acceptors (Lipinski definition) is 2. The van der Waals surface area contributed by atoms with Crippen molar-refractivity contribution in [1.82, 2.24) is 4.98 Å². The van der Waals surface area contributed by atoms with E-state index in [1.807, 2.05) is 18.2 Å². The molecule has 0 amide bonds. The molecule has 100 valence electrons. The summed E-state index contributed by atoms with van der Waals surface area (Å²) >= 11 is 5.74. The Morgan fingerprint density at radius 1 is 1.10 bits per heavy atom. The topological polar surface area (TPSA) is 33.1 Å². The second kappa shape index (κ2) is 5.19. The summed E-state index contributed by atoms with van der Waals surface area (Å²) in [5, 5.41) is 11.3. The number of rotatable bonds is 2. The van der Waals surface area contributed by atoms with Crippen LogP contribution in [0.2, 0.25) is 5.02 Å². The summed E-state index contributed by atoms with van der Waals surface area (Å²) in [5.41, 5.74) is 1.50. The van der Waals surface area contributed by atoms with Gasteiger partial charge in [-0.1, -0.05) is 41.9 Å². The molecular formula is C16H11ClFNO. The van der Waals surface area contributed by atoms with Crippen LogP contribution in [0.5, 0.6) is 0 Å². The van der Waals surface area contributed by atoms with Crippen LogP contribution in [-0.4, -0.2) is 10.1 Å². The van der Waals surface area contributed by atoms with Gasteiger partial charge in [0.1, 0.15) is 11.9 Å². The summed E-state index contributed by atoms with van der Waals surface area (Å²) in [6, 6.07) is 13.7.